The van der Waals surface area contributed by atoms with Crippen LogP contribution in [0.1, 0.15) is 37.3 Å². The van der Waals surface area contributed by atoms with Gasteiger partial charge in [0, 0.05) is 31.1 Å². The minimum atomic E-state index is -0.667. The van der Waals surface area contributed by atoms with E-state index in [4.69, 9.17) is 16.3 Å². The molecule has 2 aromatic rings. The van der Waals surface area contributed by atoms with E-state index in [1.165, 1.54) is 0 Å². The minimum absolute atomic E-state index is 0.0263. The first-order chi connectivity index (χ1) is 11.6. The highest BCUT2D eigenvalue weighted by molar-refractivity contribution is 6.30. The number of imidazole rings is 1. The quantitative estimate of drug-likeness (QED) is 0.873. The third-order valence-corrected chi connectivity index (χ3v) is 5.06. The van der Waals surface area contributed by atoms with E-state index < -0.39 is 5.60 Å². The summed E-state index contributed by atoms with van der Waals surface area (Å²) < 4.78 is 7.54. The Kier molecular flexibility index (Phi) is 5.21. The van der Waals surface area contributed by atoms with E-state index in [0.29, 0.717) is 11.6 Å². The first-order valence-corrected chi connectivity index (χ1v) is 8.59. The highest BCUT2D eigenvalue weighted by Crippen LogP contribution is 2.33. The van der Waals surface area contributed by atoms with Crippen molar-refractivity contribution in [2.75, 3.05) is 13.7 Å². The molecule has 24 heavy (non-hydrogen) atoms. The van der Waals surface area contributed by atoms with Gasteiger partial charge in [0.05, 0.1) is 12.4 Å². The molecule has 3 rings (SSSR count). The maximum absolute atomic E-state index is 12.7. The van der Waals surface area contributed by atoms with Crippen LogP contribution in [0.4, 0.5) is 0 Å². The third kappa shape index (κ3) is 3.47. The van der Waals surface area contributed by atoms with Crippen molar-refractivity contribution >= 4 is 17.5 Å². The molecule has 0 radical (unpaired) electrons. The van der Waals surface area contributed by atoms with Gasteiger partial charge in [0.15, 0.2) is 0 Å². The fraction of sp³-hybridized carbons (Fsp3) is 0.444. The Hall–Kier alpha value is -1.85. The van der Waals surface area contributed by atoms with E-state index >= 15 is 0 Å². The van der Waals surface area contributed by atoms with Crippen molar-refractivity contribution in [1.82, 2.24) is 14.9 Å². The van der Waals surface area contributed by atoms with Gasteiger partial charge >= 0.3 is 0 Å². The molecule has 1 aromatic heterocycles. The summed E-state index contributed by atoms with van der Waals surface area (Å²) in [6.45, 7) is 0.474. The second-order valence-electron chi connectivity index (χ2n) is 6.19. The average Bonchev–Trinajstić information content (AvgIpc) is 3.29. The van der Waals surface area contributed by atoms with Crippen molar-refractivity contribution < 1.29 is 9.53 Å². The molecule has 1 aliphatic rings. The standard InChI is InChI=1S/C18H22ClN3O2/c1-24-18(8-2-3-9-18)17(23)21-12-16(22-11-10-20-13-22)14-4-6-15(19)7-5-14/h4-7,10-11,13,16H,2-3,8-9,12H2,1H3,(H,21,23). The number of hydrogen-bond acceptors (Lipinski definition) is 3. The molecule has 0 aliphatic heterocycles. The molecule has 1 amide bonds. The number of carbonyl (C=O) groups excluding carboxylic acids is 1. The number of methoxy groups -OCH3 is 1. The summed E-state index contributed by atoms with van der Waals surface area (Å²) in [5.74, 6) is -0.0263. The van der Waals surface area contributed by atoms with Crippen molar-refractivity contribution in [3.8, 4) is 0 Å². The fourth-order valence-corrected chi connectivity index (χ4v) is 3.48. The van der Waals surface area contributed by atoms with Crippen LogP contribution in [0.5, 0.6) is 0 Å². The van der Waals surface area contributed by atoms with Crippen molar-refractivity contribution in [3.05, 3.63) is 53.6 Å². The zero-order valence-electron chi connectivity index (χ0n) is 13.7. The fourth-order valence-electron chi connectivity index (χ4n) is 3.35. The van der Waals surface area contributed by atoms with Crippen LogP contribution in [0.15, 0.2) is 43.0 Å². The van der Waals surface area contributed by atoms with E-state index in [0.717, 1.165) is 31.2 Å². The molecule has 0 saturated heterocycles. The molecule has 6 heteroatoms. The predicted molar refractivity (Wildman–Crippen MR) is 93.0 cm³/mol. The number of rotatable bonds is 6. The smallest absolute Gasteiger partial charge is 0.252 e. The summed E-state index contributed by atoms with van der Waals surface area (Å²) in [4.78, 5) is 16.8. The number of hydrogen-bond donors (Lipinski definition) is 1. The van der Waals surface area contributed by atoms with Crippen molar-refractivity contribution in [2.24, 2.45) is 0 Å². The van der Waals surface area contributed by atoms with Crippen molar-refractivity contribution in [2.45, 2.75) is 37.3 Å². The van der Waals surface area contributed by atoms with Gasteiger partial charge in [-0.3, -0.25) is 4.79 Å². The number of nitrogens with zero attached hydrogens (tertiary/aromatic N) is 2. The number of benzene rings is 1. The van der Waals surface area contributed by atoms with Crippen LogP contribution < -0.4 is 5.32 Å². The van der Waals surface area contributed by atoms with Crippen LogP contribution in [0.25, 0.3) is 0 Å². The summed E-state index contributed by atoms with van der Waals surface area (Å²) in [7, 11) is 1.62. The number of amides is 1. The first-order valence-electron chi connectivity index (χ1n) is 8.21. The van der Waals surface area contributed by atoms with Gasteiger partial charge in [-0.15, -0.1) is 0 Å². The van der Waals surface area contributed by atoms with Crippen LogP contribution in [0, 0.1) is 0 Å². The largest absolute Gasteiger partial charge is 0.368 e. The molecular formula is C18H22ClN3O2. The monoisotopic (exact) mass is 347 g/mol. The van der Waals surface area contributed by atoms with Gasteiger partial charge in [-0.2, -0.15) is 0 Å². The Labute approximate surface area is 147 Å². The first kappa shape index (κ1) is 17.0. The van der Waals surface area contributed by atoms with Gasteiger partial charge in [-0.25, -0.2) is 4.98 Å². The number of carbonyl (C=O) groups is 1. The molecule has 1 fully saturated rings. The van der Waals surface area contributed by atoms with Crippen LogP contribution in [0.2, 0.25) is 5.02 Å². The molecule has 1 aliphatic carbocycles. The van der Waals surface area contributed by atoms with Crippen LogP contribution in [-0.4, -0.2) is 34.7 Å². The Balaban J connectivity index is 1.75. The minimum Gasteiger partial charge on any atom is -0.368 e. The van der Waals surface area contributed by atoms with Gasteiger partial charge in [-0.05, 0) is 43.4 Å². The van der Waals surface area contributed by atoms with Gasteiger partial charge in [-0.1, -0.05) is 23.7 Å². The predicted octanol–water partition coefficient (Wildman–Crippen LogP) is 3.20. The number of aromatic nitrogens is 2. The van der Waals surface area contributed by atoms with Crippen molar-refractivity contribution in [1.29, 1.82) is 0 Å². The second kappa shape index (κ2) is 7.36. The summed E-state index contributed by atoms with van der Waals surface area (Å²) in [6.07, 6.45) is 9.02. The summed E-state index contributed by atoms with van der Waals surface area (Å²) >= 11 is 5.99. The molecule has 1 aromatic carbocycles. The lowest BCUT2D eigenvalue weighted by Crippen LogP contribution is -2.47. The van der Waals surface area contributed by atoms with E-state index in [1.54, 1.807) is 19.6 Å². The lowest BCUT2D eigenvalue weighted by Gasteiger charge is -2.28. The molecule has 0 spiro atoms. The molecule has 1 heterocycles. The molecule has 1 unspecified atom stereocenters. The van der Waals surface area contributed by atoms with Crippen LogP contribution >= 0.6 is 11.6 Å². The highest BCUT2D eigenvalue weighted by Gasteiger charge is 2.41. The van der Waals surface area contributed by atoms with Gasteiger partial charge < -0.3 is 14.6 Å². The van der Waals surface area contributed by atoms with E-state index in [9.17, 15) is 4.79 Å². The topological polar surface area (TPSA) is 56.1 Å². The van der Waals surface area contributed by atoms with Gasteiger partial charge in [0.2, 0.25) is 0 Å². The maximum Gasteiger partial charge on any atom is 0.252 e. The molecule has 0 bridgehead atoms. The van der Waals surface area contributed by atoms with E-state index in [-0.39, 0.29) is 11.9 Å². The van der Waals surface area contributed by atoms with Crippen molar-refractivity contribution in [3.63, 3.8) is 0 Å². The Bertz CT molecular complexity index is 664. The zero-order chi connectivity index (χ0) is 17.0. The van der Waals surface area contributed by atoms with E-state index in [1.807, 2.05) is 35.0 Å². The summed E-state index contributed by atoms with van der Waals surface area (Å²) in [6, 6.07) is 7.62. The Morgan fingerprint density at radius 3 is 2.67 bits per heavy atom. The zero-order valence-corrected chi connectivity index (χ0v) is 14.5. The van der Waals surface area contributed by atoms with Crippen LogP contribution in [0.3, 0.4) is 0 Å². The lowest BCUT2D eigenvalue weighted by atomic mass is 10.0. The molecule has 1 saturated carbocycles. The Morgan fingerprint density at radius 1 is 1.38 bits per heavy atom. The van der Waals surface area contributed by atoms with Crippen LogP contribution in [-0.2, 0) is 9.53 Å². The van der Waals surface area contributed by atoms with Gasteiger partial charge in [0.1, 0.15) is 5.60 Å². The number of halogens is 1. The number of nitrogens with one attached hydrogen (secondary N) is 1. The average molecular weight is 348 g/mol. The molecule has 1 N–H and O–H groups in total. The molecule has 1 atom stereocenters. The number of ether oxygens (including phenoxy) is 1. The molecule has 5 nitrogen and oxygen atoms in total. The lowest BCUT2D eigenvalue weighted by molar-refractivity contribution is -0.142. The Morgan fingerprint density at radius 2 is 2.08 bits per heavy atom. The molecular weight excluding hydrogens is 326 g/mol. The maximum atomic E-state index is 12.7. The van der Waals surface area contributed by atoms with Gasteiger partial charge in [0.25, 0.3) is 5.91 Å². The van der Waals surface area contributed by atoms with E-state index in [2.05, 4.69) is 10.3 Å². The third-order valence-electron chi connectivity index (χ3n) is 4.81. The second-order valence-corrected chi connectivity index (χ2v) is 6.63. The SMILES string of the molecule is COC1(C(=O)NCC(c2ccc(Cl)cc2)n2ccnc2)CCCC1. The highest BCUT2D eigenvalue weighted by atomic mass is 35.5. The summed E-state index contributed by atoms with van der Waals surface area (Å²) in [5.41, 5.74) is 0.398. The normalized spacial score (nSPS) is 17.6. The summed E-state index contributed by atoms with van der Waals surface area (Å²) in [5, 5.41) is 3.76. The molecule has 128 valence electrons.